The topological polar surface area (TPSA) is 78.3 Å². The van der Waals surface area contributed by atoms with Crippen molar-refractivity contribution < 1.29 is 13.9 Å². The van der Waals surface area contributed by atoms with Crippen molar-refractivity contribution in [2.75, 3.05) is 12.3 Å². The Labute approximate surface area is 112 Å². The summed E-state index contributed by atoms with van der Waals surface area (Å²) in [5, 5.41) is 0. The lowest BCUT2D eigenvalue weighted by Crippen LogP contribution is -2.04. The van der Waals surface area contributed by atoms with Gasteiger partial charge in [-0.05, 0) is 41.1 Å². The third-order valence-corrected chi connectivity index (χ3v) is 2.65. The summed E-state index contributed by atoms with van der Waals surface area (Å²) in [5.41, 5.74) is 6.88. The highest BCUT2D eigenvalue weighted by Gasteiger charge is 2.20. The fraction of sp³-hybridized carbons (Fsp3) is 0.167. The lowest BCUT2D eigenvalue weighted by atomic mass is 10.1. The molecule has 0 unspecified atom stereocenters. The molecule has 2 N–H and O–H groups in total. The molecule has 0 spiro atoms. The van der Waals surface area contributed by atoms with E-state index in [1.54, 1.807) is 31.3 Å². The van der Waals surface area contributed by atoms with E-state index >= 15 is 0 Å². The number of halogens is 1. The molecule has 0 aromatic carbocycles. The number of aromatic nitrogens is 1. The molecule has 2 aromatic heterocycles. The fourth-order valence-corrected chi connectivity index (χ4v) is 1.88. The second-order valence-corrected chi connectivity index (χ2v) is 4.27. The van der Waals surface area contributed by atoms with Crippen LogP contribution in [0, 0.1) is 0 Å². The van der Waals surface area contributed by atoms with Crippen LogP contribution in [0.3, 0.4) is 0 Å². The molecule has 0 atom stereocenters. The van der Waals surface area contributed by atoms with Crippen LogP contribution in [0.5, 0.6) is 0 Å². The Morgan fingerprint density at radius 1 is 1.56 bits per heavy atom. The molecule has 0 fully saturated rings. The molecular formula is C12H11BrN2O3. The number of furan rings is 1. The minimum Gasteiger partial charge on any atom is -0.460 e. The van der Waals surface area contributed by atoms with Crippen LogP contribution >= 0.6 is 15.9 Å². The normalized spacial score (nSPS) is 10.3. The van der Waals surface area contributed by atoms with Gasteiger partial charge in [0, 0.05) is 17.3 Å². The number of pyridine rings is 1. The minimum atomic E-state index is -0.505. The zero-order chi connectivity index (χ0) is 13.1. The van der Waals surface area contributed by atoms with E-state index in [1.807, 2.05) is 0 Å². The average Bonchev–Trinajstić information content (AvgIpc) is 2.73. The zero-order valence-corrected chi connectivity index (χ0v) is 11.2. The molecule has 0 bridgehead atoms. The highest BCUT2D eigenvalue weighted by atomic mass is 79.9. The molecule has 0 saturated heterocycles. The van der Waals surface area contributed by atoms with Gasteiger partial charge in [0.2, 0.25) is 5.76 Å². The molecule has 6 heteroatoms. The Morgan fingerprint density at radius 3 is 2.94 bits per heavy atom. The molecular weight excluding hydrogens is 300 g/mol. The molecule has 0 aliphatic rings. The van der Waals surface area contributed by atoms with Gasteiger partial charge in [-0.15, -0.1) is 0 Å². The first-order valence-corrected chi connectivity index (χ1v) is 6.09. The van der Waals surface area contributed by atoms with Crippen LogP contribution in [0.1, 0.15) is 17.5 Å². The second kappa shape index (κ2) is 5.22. The number of ether oxygens (including phenoxy) is 1. The first-order valence-electron chi connectivity index (χ1n) is 5.30. The number of nitrogens with two attached hydrogens (primary N) is 1. The van der Waals surface area contributed by atoms with Gasteiger partial charge in [0.25, 0.3) is 0 Å². The monoisotopic (exact) mass is 310 g/mol. The maximum atomic E-state index is 11.7. The number of hydrogen-bond donors (Lipinski definition) is 1. The van der Waals surface area contributed by atoms with Crippen LogP contribution in [-0.2, 0) is 4.74 Å². The van der Waals surface area contributed by atoms with Crippen molar-refractivity contribution in [1.82, 2.24) is 4.98 Å². The lowest BCUT2D eigenvalue weighted by Gasteiger charge is -2.02. The Bertz CT molecular complexity index is 563. The number of carbonyl (C=O) groups is 1. The quantitative estimate of drug-likeness (QED) is 0.882. The molecule has 18 heavy (non-hydrogen) atoms. The van der Waals surface area contributed by atoms with Gasteiger partial charge in [0.1, 0.15) is 5.82 Å². The van der Waals surface area contributed by atoms with Gasteiger partial charge in [-0.25, -0.2) is 9.78 Å². The predicted octanol–water partition coefficient (Wildman–Crippen LogP) is 2.86. The van der Waals surface area contributed by atoms with Gasteiger partial charge in [-0.1, -0.05) is 0 Å². The van der Waals surface area contributed by atoms with Gasteiger partial charge < -0.3 is 14.9 Å². The van der Waals surface area contributed by atoms with Crippen molar-refractivity contribution in [2.24, 2.45) is 0 Å². The van der Waals surface area contributed by atoms with Crippen molar-refractivity contribution in [3.05, 3.63) is 34.8 Å². The van der Waals surface area contributed by atoms with E-state index in [0.717, 1.165) is 5.56 Å². The third kappa shape index (κ3) is 2.53. The van der Waals surface area contributed by atoms with Crippen molar-refractivity contribution in [1.29, 1.82) is 0 Å². The number of rotatable bonds is 3. The molecule has 2 rings (SSSR count). The molecule has 2 heterocycles. The van der Waals surface area contributed by atoms with Gasteiger partial charge in [0.05, 0.1) is 6.61 Å². The minimum absolute atomic E-state index is 0.148. The number of nitrogen functional groups attached to an aromatic ring is 1. The van der Waals surface area contributed by atoms with Gasteiger partial charge in [-0.3, -0.25) is 0 Å². The molecule has 0 radical (unpaired) electrons. The molecule has 0 amide bonds. The van der Waals surface area contributed by atoms with Gasteiger partial charge in [0.15, 0.2) is 4.67 Å². The molecule has 0 saturated carbocycles. The highest BCUT2D eigenvalue weighted by Crippen LogP contribution is 2.30. The predicted molar refractivity (Wildman–Crippen MR) is 70.0 cm³/mol. The molecule has 2 aromatic rings. The Kier molecular flexibility index (Phi) is 3.66. The largest absolute Gasteiger partial charge is 0.460 e. The summed E-state index contributed by atoms with van der Waals surface area (Å²) in [7, 11) is 0. The van der Waals surface area contributed by atoms with E-state index in [2.05, 4.69) is 20.9 Å². The van der Waals surface area contributed by atoms with E-state index in [9.17, 15) is 4.79 Å². The van der Waals surface area contributed by atoms with Gasteiger partial charge >= 0.3 is 5.97 Å². The summed E-state index contributed by atoms with van der Waals surface area (Å²) in [5.74, 6) is 0.0596. The van der Waals surface area contributed by atoms with Crippen LogP contribution in [-0.4, -0.2) is 17.6 Å². The van der Waals surface area contributed by atoms with E-state index < -0.39 is 5.97 Å². The third-order valence-electron chi connectivity index (χ3n) is 2.26. The Balaban J connectivity index is 2.44. The Hall–Kier alpha value is -1.82. The average molecular weight is 311 g/mol. The van der Waals surface area contributed by atoms with E-state index in [1.165, 1.54) is 0 Å². The number of anilines is 1. The SMILES string of the molecule is CCOC(=O)c1oc(Br)cc1-c1ccc(N)nc1. The number of carbonyl (C=O) groups excluding carboxylic acids is 1. The van der Waals surface area contributed by atoms with Crippen LogP contribution in [0.25, 0.3) is 11.1 Å². The summed E-state index contributed by atoms with van der Waals surface area (Å²) in [6, 6.07) is 5.12. The molecule has 0 aliphatic heterocycles. The maximum absolute atomic E-state index is 11.7. The van der Waals surface area contributed by atoms with E-state index in [4.69, 9.17) is 14.9 Å². The Morgan fingerprint density at radius 2 is 2.33 bits per heavy atom. The second-order valence-electron chi connectivity index (χ2n) is 3.49. The molecule has 5 nitrogen and oxygen atoms in total. The summed E-state index contributed by atoms with van der Waals surface area (Å²) in [6.07, 6.45) is 1.58. The summed E-state index contributed by atoms with van der Waals surface area (Å²) < 4.78 is 10.7. The molecule has 0 aliphatic carbocycles. The van der Waals surface area contributed by atoms with E-state index in [0.29, 0.717) is 16.1 Å². The maximum Gasteiger partial charge on any atom is 0.374 e. The summed E-state index contributed by atoms with van der Waals surface area (Å²) in [4.78, 5) is 15.7. The fourth-order valence-electron chi connectivity index (χ4n) is 1.49. The van der Waals surface area contributed by atoms with Crippen LogP contribution < -0.4 is 5.73 Å². The first kappa shape index (κ1) is 12.6. The number of nitrogens with zero attached hydrogens (tertiary/aromatic N) is 1. The number of esters is 1. The standard InChI is InChI=1S/C12H11BrN2O3/c1-2-17-12(16)11-8(5-9(13)18-11)7-3-4-10(14)15-6-7/h3-6H,2H2,1H3,(H2,14,15). The van der Waals surface area contributed by atoms with Crippen molar-refractivity contribution >= 4 is 27.7 Å². The highest BCUT2D eigenvalue weighted by molar-refractivity contribution is 9.10. The summed E-state index contributed by atoms with van der Waals surface area (Å²) >= 11 is 3.19. The van der Waals surface area contributed by atoms with Crippen LogP contribution in [0.2, 0.25) is 0 Å². The molecule has 94 valence electrons. The lowest BCUT2D eigenvalue weighted by molar-refractivity contribution is 0.0490. The number of hydrogen-bond acceptors (Lipinski definition) is 5. The van der Waals surface area contributed by atoms with Crippen LogP contribution in [0.4, 0.5) is 5.82 Å². The smallest absolute Gasteiger partial charge is 0.374 e. The van der Waals surface area contributed by atoms with Crippen LogP contribution in [0.15, 0.2) is 33.5 Å². The van der Waals surface area contributed by atoms with Crippen molar-refractivity contribution in [3.8, 4) is 11.1 Å². The first-order chi connectivity index (χ1) is 8.61. The van der Waals surface area contributed by atoms with E-state index in [-0.39, 0.29) is 12.4 Å². The zero-order valence-electron chi connectivity index (χ0n) is 9.64. The van der Waals surface area contributed by atoms with Gasteiger partial charge in [-0.2, -0.15) is 0 Å². The van der Waals surface area contributed by atoms with Crippen molar-refractivity contribution in [2.45, 2.75) is 6.92 Å². The van der Waals surface area contributed by atoms with Crippen molar-refractivity contribution in [3.63, 3.8) is 0 Å². The summed E-state index contributed by atoms with van der Waals surface area (Å²) in [6.45, 7) is 2.02.